The van der Waals surface area contributed by atoms with E-state index in [0.717, 1.165) is 12.5 Å². The fourth-order valence-corrected chi connectivity index (χ4v) is 1.98. The molecule has 0 amide bonds. The fourth-order valence-electron chi connectivity index (χ4n) is 1.98. The summed E-state index contributed by atoms with van der Waals surface area (Å²) in [5.74, 6) is 1.52. The summed E-state index contributed by atoms with van der Waals surface area (Å²) < 4.78 is 0. The zero-order chi connectivity index (χ0) is 9.64. The van der Waals surface area contributed by atoms with E-state index in [2.05, 4.69) is 21.5 Å². The minimum atomic E-state index is 0.707. The van der Waals surface area contributed by atoms with Gasteiger partial charge in [0.05, 0.1) is 6.20 Å². The Morgan fingerprint density at radius 3 is 2.93 bits per heavy atom. The van der Waals surface area contributed by atoms with Crippen molar-refractivity contribution in [3.8, 4) is 0 Å². The summed E-state index contributed by atoms with van der Waals surface area (Å²) in [5, 5.41) is 3.26. The highest BCUT2D eigenvalue weighted by Gasteiger charge is 2.12. The number of anilines is 1. The van der Waals surface area contributed by atoms with Crippen molar-refractivity contribution in [1.29, 1.82) is 0 Å². The van der Waals surface area contributed by atoms with Crippen LogP contribution in [0, 0.1) is 12.1 Å². The average molecular weight is 190 g/mol. The Hall–Kier alpha value is -1.12. The first-order valence-corrected chi connectivity index (χ1v) is 5.38. The van der Waals surface area contributed by atoms with Gasteiger partial charge in [-0.05, 0) is 24.8 Å². The Labute approximate surface area is 85.0 Å². The molecule has 1 saturated carbocycles. The lowest BCUT2D eigenvalue weighted by Gasteiger charge is -2.21. The van der Waals surface area contributed by atoms with Crippen LogP contribution in [0.25, 0.3) is 0 Å². The second-order valence-corrected chi connectivity index (χ2v) is 3.89. The van der Waals surface area contributed by atoms with Gasteiger partial charge < -0.3 is 5.32 Å². The molecule has 0 aliphatic heterocycles. The molecule has 2 rings (SSSR count). The Morgan fingerprint density at radius 1 is 1.36 bits per heavy atom. The summed E-state index contributed by atoms with van der Waals surface area (Å²) >= 11 is 0. The Kier molecular flexibility index (Phi) is 3.33. The van der Waals surface area contributed by atoms with Crippen LogP contribution in [0.5, 0.6) is 0 Å². The van der Waals surface area contributed by atoms with Gasteiger partial charge in [-0.2, -0.15) is 0 Å². The van der Waals surface area contributed by atoms with Gasteiger partial charge in [-0.3, -0.25) is 0 Å². The van der Waals surface area contributed by atoms with Crippen molar-refractivity contribution in [2.24, 2.45) is 5.92 Å². The van der Waals surface area contributed by atoms with Gasteiger partial charge in [0.25, 0.3) is 0 Å². The number of nitrogens with zero attached hydrogens (tertiary/aromatic N) is 2. The first kappa shape index (κ1) is 9.44. The van der Waals surface area contributed by atoms with Crippen LogP contribution in [-0.4, -0.2) is 16.5 Å². The summed E-state index contributed by atoms with van der Waals surface area (Å²) in [6.07, 6.45) is 11.4. The molecule has 1 radical (unpaired) electrons. The Balaban J connectivity index is 1.76. The molecule has 1 fully saturated rings. The van der Waals surface area contributed by atoms with Crippen LogP contribution in [0.2, 0.25) is 0 Å². The van der Waals surface area contributed by atoms with Crippen molar-refractivity contribution in [2.75, 3.05) is 11.9 Å². The van der Waals surface area contributed by atoms with E-state index < -0.39 is 0 Å². The topological polar surface area (TPSA) is 37.8 Å². The molecule has 0 atom stereocenters. The van der Waals surface area contributed by atoms with Crippen molar-refractivity contribution in [3.05, 3.63) is 18.5 Å². The van der Waals surface area contributed by atoms with E-state index in [-0.39, 0.29) is 0 Å². The number of aromatic nitrogens is 2. The summed E-state index contributed by atoms with van der Waals surface area (Å²) in [5.41, 5.74) is 0. The number of hydrogen-bond donors (Lipinski definition) is 1. The van der Waals surface area contributed by atoms with Crippen LogP contribution in [0.15, 0.2) is 12.3 Å². The lowest BCUT2D eigenvalue weighted by molar-refractivity contribution is 0.373. The van der Waals surface area contributed by atoms with Gasteiger partial charge in [0.1, 0.15) is 0 Å². The molecule has 1 aliphatic carbocycles. The van der Waals surface area contributed by atoms with Crippen LogP contribution >= 0.6 is 0 Å². The average Bonchev–Trinajstić information content (AvgIpc) is 2.29. The Bertz CT molecular complexity index is 254. The zero-order valence-corrected chi connectivity index (χ0v) is 8.37. The van der Waals surface area contributed by atoms with E-state index >= 15 is 0 Å². The lowest BCUT2D eigenvalue weighted by Crippen LogP contribution is -2.18. The van der Waals surface area contributed by atoms with E-state index in [9.17, 15) is 0 Å². The van der Waals surface area contributed by atoms with Crippen LogP contribution in [0.3, 0.4) is 0 Å². The molecule has 1 N–H and O–H groups in total. The molecule has 3 nitrogen and oxygen atoms in total. The predicted octanol–water partition coefficient (Wildman–Crippen LogP) is 2.27. The number of rotatable bonds is 3. The van der Waals surface area contributed by atoms with Gasteiger partial charge in [0.2, 0.25) is 5.95 Å². The maximum Gasteiger partial charge on any atom is 0.223 e. The van der Waals surface area contributed by atoms with Crippen molar-refractivity contribution in [3.63, 3.8) is 0 Å². The first-order valence-electron chi connectivity index (χ1n) is 5.38. The van der Waals surface area contributed by atoms with E-state index in [0.29, 0.717) is 5.95 Å². The lowest BCUT2D eigenvalue weighted by atomic mass is 9.89. The van der Waals surface area contributed by atoms with E-state index in [1.54, 1.807) is 12.3 Å². The molecule has 0 bridgehead atoms. The molecule has 0 spiro atoms. The third-order valence-corrected chi connectivity index (χ3v) is 2.79. The van der Waals surface area contributed by atoms with Gasteiger partial charge in [0, 0.05) is 12.7 Å². The van der Waals surface area contributed by atoms with E-state index in [4.69, 9.17) is 0 Å². The van der Waals surface area contributed by atoms with Crippen LogP contribution in [0.4, 0.5) is 5.95 Å². The van der Waals surface area contributed by atoms with Crippen LogP contribution < -0.4 is 5.32 Å². The summed E-state index contributed by atoms with van der Waals surface area (Å²) in [4.78, 5) is 8.13. The molecule has 14 heavy (non-hydrogen) atoms. The second kappa shape index (κ2) is 4.94. The zero-order valence-electron chi connectivity index (χ0n) is 8.37. The van der Waals surface area contributed by atoms with Gasteiger partial charge in [-0.15, -0.1) is 0 Å². The van der Waals surface area contributed by atoms with E-state index in [1.807, 2.05) is 0 Å². The molecule has 75 valence electrons. The molecule has 3 heteroatoms. The third kappa shape index (κ3) is 2.69. The molecule has 0 saturated heterocycles. The first-order chi connectivity index (χ1) is 6.95. The summed E-state index contributed by atoms with van der Waals surface area (Å²) in [7, 11) is 0. The quantitative estimate of drug-likeness (QED) is 0.794. The largest absolute Gasteiger partial charge is 0.354 e. The van der Waals surface area contributed by atoms with Gasteiger partial charge in [-0.25, -0.2) is 9.97 Å². The highest BCUT2D eigenvalue weighted by Crippen LogP contribution is 2.23. The van der Waals surface area contributed by atoms with Crippen LogP contribution in [-0.2, 0) is 0 Å². The third-order valence-electron chi connectivity index (χ3n) is 2.79. The smallest absolute Gasteiger partial charge is 0.223 e. The van der Waals surface area contributed by atoms with Gasteiger partial charge in [-0.1, -0.05) is 19.3 Å². The normalized spacial score (nSPS) is 18.0. The van der Waals surface area contributed by atoms with Crippen molar-refractivity contribution in [2.45, 2.75) is 32.1 Å². The second-order valence-electron chi connectivity index (χ2n) is 3.89. The highest BCUT2D eigenvalue weighted by atomic mass is 15.1. The maximum absolute atomic E-state index is 4.11. The standard InChI is InChI=1S/C11H16N3/c1-2-5-10(6-3-1)9-14-11-12-7-4-8-13-11/h4,7,10H,1-3,5-6,9H2,(H,12,13,14). The monoisotopic (exact) mass is 190 g/mol. The van der Waals surface area contributed by atoms with Crippen molar-refractivity contribution in [1.82, 2.24) is 9.97 Å². The van der Waals surface area contributed by atoms with Crippen LogP contribution in [0.1, 0.15) is 32.1 Å². The predicted molar refractivity (Wildman–Crippen MR) is 55.9 cm³/mol. The highest BCUT2D eigenvalue weighted by molar-refractivity contribution is 5.21. The molecule has 1 heterocycles. The molecule has 1 aromatic rings. The molecule has 0 unspecified atom stereocenters. The minimum absolute atomic E-state index is 0.707. The SMILES string of the molecule is [c]1ccnc(NCC2CCCCC2)n1. The number of nitrogens with one attached hydrogen (secondary N) is 1. The maximum atomic E-state index is 4.11. The van der Waals surface area contributed by atoms with Crippen molar-refractivity contribution < 1.29 is 0 Å². The van der Waals surface area contributed by atoms with Gasteiger partial charge in [0.15, 0.2) is 0 Å². The molecule has 1 aromatic heterocycles. The summed E-state index contributed by atoms with van der Waals surface area (Å²) in [6, 6.07) is 1.71. The number of hydrogen-bond acceptors (Lipinski definition) is 3. The molecule has 1 aliphatic rings. The summed E-state index contributed by atoms with van der Waals surface area (Å²) in [6.45, 7) is 1.01. The molecular weight excluding hydrogens is 174 g/mol. The van der Waals surface area contributed by atoms with E-state index in [1.165, 1.54) is 32.1 Å². The Morgan fingerprint density at radius 2 is 2.21 bits per heavy atom. The molecule has 0 aromatic carbocycles. The molecular formula is C11H16N3. The fraction of sp³-hybridized carbons (Fsp3) is 0.636. The minimum Gasteiger partial charge on any atom is -0.354 e. The van der Waals surface area contributed by atoms with Crippen molar-refractivity contribution >= 4 is 5.95 Å². The van der Waals surface area contributed by atoms with Gasteiger partial charge >= 0.3 is 0 Å².